The van der Waals surface area contributed by atoms with Gasteiger partial charge in [-0.1, -0.05) is 12.1 Å². The van der Waals surface area contributed by atoms with Crippen LogP contribution in [-0.2, 0) is 16.1 Å². The minimum Gasteiger partial charge on any atom is -0.336 e. The van der Waals surface area contributed by atoms with Gasteiger partial charge in [-0.3, -0.25) is 14.6 Å². The first-order valence-corrected chi connectivity index (χ1v) is 8.44. The first kappa shape index (κ1) is 15.9. The summed E-state index contributed by atoms with van der Waals surface area (Å²) in [5.41, 5.74) is 1.59. The van der Waals surface area contributed by atoms with Crippen LogP contribution in [0.2, 0.25) is 0 Å². The van der Waals surface area contributed by atoms with Gasteiger partial charge in [-0.25, -0.2) is 0 Å². The SMILES string of the molecule is O=C(Nc1cccc(I)c1)C1CC(=O)N(Cc2ccccn2)C1. The van der Waals surface area contributed by atoms with Gasteiger partial charge in [0.2, 0.25) is 11.8 Å². The van der Waals surface area contributed by atoms with Gasteiger partial charge in [-0.15, -0.1) is 0 Å². The van der Waals surface area contributed by atoms with Crippen LogP contribution in [0.3, 0.4) is 0 Å². The molecule has 3 rings (SSSR count). The molecule has 1 aromatic carbocycles. The minimum absolute atomic E-state index is 0.00144. The molecule has 2 heterocycles. The Morgan fingerprint density at radius 3 is 2.91 bits per heavy atom. The highest BCUT2D eigenvalue weighted by molar-refractivity contribution is 14.1. The molecule has 0 spiro atoms. The number of pyridine rings is 1. The Labute approximate surface area is 148 Å². The number of carbonyl (C=O) groups excluding carboxylic acids is 2. The summed E-state index contributed by atoms with van der Waals surface area (Å²) in [4.78, 5) is 30.4. The summed E-state index contributed by atoms with van der Waals surface area (Å²) in [6, 6.07) is 13.2. The molecule has 6 heteroatoms. The Balaban J connectivity index is 1.61. The fraction of sp³-hybridized carbons (Fsp3) is 0.235. The molecular weight excluding hydrogens is 405 g/mol. The molecule has 2 amide bonds. The Kier molecular flexibility index (Phi) is 4.90. The summed E-state index contributed by atoms with van der Waals surface area (Å²) in [5, 5.41) is 2.89. The topological polar surface area (TPSA) is 62.3 Å². The van der Waals surface area contributed by atoms with E-state index in [4.69, 9.17) is 0 Å². The van der Waals surface area contributed by atoms with Gasteiger partial charge in [0.1, 0.15) is 0 Å². The second-order valence-electron chi connectivity index (χ2n) is 5.50. The average molecular weight is 421 g/mol. The van der Waals surface area contributed by atoms with Crippen LogP contribution in [0.15, 0.2) is 48.7 Å². The highest BCUT2D eigenvalue weighted by Gasteiger charge is 2.34. The van der Waals surface area contributed by atoms with Gasteiger partial charge in [-0.2, -0.15) is 0 Å². The van der Waals surface area contributed by atoms with Crippen molar-refractivity contribution >= 4 is 40.1 Å². The molecule has 2 aromatic rings. The van der Waals surface area contributed by atoms with Crippen molar-refractivity contribution in [1.29, 1.82) is 0 Å². The monoisotopic (exact) mass is 421 g/mol. The third kappa shape index (κ3) is 4.07. The Morgan fingerprint density at radius 2 is 2.17 bits per heavy atom. The summed E-state index contributed by atoms with van der Waals surface area (Å²) < 4.78 is 1.06. The number of benzene rings is 1. The molecule has 0 bridgehead atoms. The van der Waals surface area contributed by atoms with E-state index < -0.39 is 0 Å². The third-order valence-corrected chi connectivity index (χ3v) is 4.43. The molecule has 1 unspecified atom stereocenters. The number of anilines is 1. The molecule has 1 atom stereocenters. The van der Waals surface area contributed by atoms with Gasteiger partial charge in [-0.05, 0) is 52.9 Å². The Hall–Kier alpha value is -1.96. The van der Waals surface area contributed by atoms with Gasteiger partial charge in [0, 0.05) is 28.4 Å². The summed E-state index contributed by atoms with van der Waals surface area (Å²) in [5.74, 6) is -0.425. The van der Waals surface area contributed by atoms with Crippen molar-refractivity contribution in [3.8, 4) is 0 Å². The number of amides is 2. The van der Waals surface area contributed by atoms with E-state index in [0.717, 1.165) is 15.0 Å². The quantitative estimate of drug-likeness (QED) is 0.773. The average Bonchev–Trinajstić information content (AvgIpc) is 2.89. The van der Waals surface area contributed by atoms with E-state index in [-0.39, 0.29) is 24.2 Å². The van der Waals surface area contributed by atoms with Crippen LogP contribution in [0.1, 0.15) is 12.1 Å². The van der Waals surface area contributed by atoms with E-state index in [9.17, 15) is 9.59 Å². The molecule has 0 radical (unpaired) electrons. The number of carbonyl (C=O) groups is 2. The van der Waals surface area contributed by atoms with Gasteiger partial charge in [0.15, 0.2) is 0 Å². The molecule has 23 heavy (non-hydrogen) atoms. The number of hydrogen-bond acceptors (Lipinski definition) is 3. The molecule has 0 aliphatic carbocycles. The zero-order valence-electron chi connectivity index (χ0n) is 12.4. The summed E-state index contributed by atoms with van der Waals surface area (Å²) in [7, 11) is 0. The standard InChI is InChI=1S/C17H16IN3O2/c18-13-4-3-6-14(9-13)20-17(23)12-8-16(22)21(10-12)11-15-5-1-2-7-19-15/h1-7,9,12H,8,10-11H2,(H,20,23). The predicted octanol–water partition coefficient (Wildman–Crippen LogP) is 2.67. The second-order valence-corrected chi connectivity index (χ2v) is 6.74. The smallest absolute Gasteiger partial charge is 0.229 e. The van der Waals surface area contributed by atoms with Crippen LogP contribution in [0.5, 0.6) is 0 Å². The number of halogens is 1. The molecular formula is C17H16IN3O2. The highest BCUT2D eigenvalue weighted by atomic mass is 127. The number of nitrogens with one attached hydrogen (secondary N) is 1. The zero-order valence-corrected chi connectivity index (χ0v) is 14.6. The Bertz CT molecular complexity index is 721. The van der Waals surface area contributed by atoms with Crippen molar-refractivity contribution in [2.24, 2.45) is 5.92 Å². The normalized spacial score (nSPS) is 17.3. The first-order valence-electron chi connectivity index (χ1n) is 7.36. The number of likely N-dealkylation sites (tertiary alicyclic amines) is 1. The lowest BCUT2D eigenvalue weighted by Crippen LogP contribution is -2.28. The summed E-state index contributed by atoms with van der Waals surface area (Å²) in [6.07, 6.45) is 1.96. The number of aromatic nitrogens is 1. The summed E-state index contributed by atoms with van der Waals surface area (Å²) in [6.45, 7) is 0.887. The van der Waals surface area contributed by atoms with E-state index in [1.165, 1.54) is 0 Å². The fourth-order valence-corrected chi connectivity index (χ4v) is 3.14. The maximum absolute atomic E-state index is 12.4. The van der Waals surface area contributed by atoms with Gasteiger partial charge >= 0.3 is 0 Å². The van der Waals surface area contributed by atoms with Crippen LogP contribution in [0, 0.1) is 9.49 Å². The molecule has 1 fully saturated rings. The molecule has 1 aromatic heterocycles. The second kappa shape index (κ2) is 7.08. The van der Waals surface area contributed by atoms with Crippen LogP contribution in [0.4, 0.5) is 5.69 Å². The van der Waals surface area contributed by atoms with Crippen molar-refractivity contribution in [3.05, 3.63) is 57.9 Å². The maximum atomic E-state index is 12.4. The maximum Gasteiger partial charge on any atom is 0.229 e. The van der Waals surface area contributed by atoms with Crippen molar-refractivity contribution in [1.82, 2.24) is 9.88 Å². The van der Waals surface area contributed by atoms with Gasteiger partial charge in [0.25, 0.3) is 0 Å². The summed E-state index contributed by atoms with van der Waals surface area (Å²) >= 11 is 2.20. The van der Waals surface area contributed by atoms with E-state index in [1.54, 1.807) is 11.1 Å². The zero-order chi connectivity index (χ0) is 16.2. The minimum atomic E-state index is -0.316. The molecule has 5 nitrogen and oxygen atoms in total. The van der Waals surface area contributed by atoms with Crippen LogP contribution >= 0.6 is 22.6 Å². The van der Waals surface area contributed by atoms with Crippen molar-refractivity contribution < 1.29 is 9.59 Å². The van der Waals surface area contributed by atoms with Crippen LogP contribution < -0.4 is 5.32 Å². The largest absolute Gasteiger partial charge is 0.336 e. The predicted molar refractivity (Wildman–Crippen MR) is 95.5 cm³/mol. The van der Waals surface area contributed by atoms with Crippen molar-refractivity contribution in [2.75, 3.05) is 11.9 Å². The highest BCUT2D eigenvalue weighted by Crippen LogP contribution is 2.22. The lowest BCUT2D eigenvalue weighted by Gasteiger charge is -2.16. The number of hydrogen-bond donors (Lipinski definition) is 1. The Morgan fingerprint density at radius 1 is 1.30 bits per heavy atom. The van der Waals surface area contributed by atoms with E-state index in [2.05, 4.69) is 32.9 Å². The van der Waals surface area contributed by atoms with Gasteiger partial charge in [0.05, 0.1) is 18.2 Å². The lowest BCUT2D eigenvalue weighted by molar-refractivity contribution is -0.128. The van der Waals surface area contributed by atoms with Crippen molar-refractivity contribution in [3.63, 3.8) is 0 Å². The molecule has 1 aliphatic rings. The molecule has 1 N–H and O–H groups in total. The van der Waals surface area contributed by atoms with E-state index in [0.29, 0.717) is 13.1 Å². The van der Waals surface area contributed by atoms with E-state index >= 15 is 0 Å². The third-order valence-electron chi connectivity index (χ3n) is 3.76. The molecule has 0 saturated carbocycles. The van der Waals surface area contributed by atoms with E-state index in [1.807, 2.05) is 42.5 Å². The van der Waals surface area contributed by atoms with Crippen LogP contribution in [-0.4, -0.2) is 28.2 Å². The van der Waals surface area contributed by atoms with Gasteiger partial charge < -0.3 is 10.2 Å². The molecule has 1 saturated heterocycles. The van der Waals surface area contributed by atoms with Crippen molar-refractivity contribution in [2.45, 2.75) is 13.0 Å². The molecule has 1 aliphatic heterocycles. The number of rotatable bonds is 4. The molecule has 118 valence electrons. The number of nitrogens with zero attached hydrogens (tertiary/aromatic N) is 2. The first-order chi connectivity index (χ1) is 11.1. The lowest BCUT2D eigenvalue weighted by atomic mass is 10.1. The fourth-order valence-electron chi connectivity index (χ4n) is 2.60. The van der Waals surface area contributed by atoms with Crippen LogP contribution in [0.25, 0.3) is 0 Å².